The SMILES string of the molecule is CCOc1cc([C@@H]2NC(=O)NC(C)=C2C(=O)OC)ccc1OC[C@H](O)N/N=C\c1cc(Cl)c(OCc2cccc3ccccc23)c(Cl)c1. The highest BCUT2D eigenvalue weighted by Crippen LogP contribution is 2.36. The van der Waals surface area contributed by atoms with Crippen LogP contribution in [-0.2, 0) is 16.1 Å². The van der Waals surface area contributed by atoms with Gasteiger partial charge in [0.05, 0.1) is 41.6 Å². The summed E-state index contributed by atoms with van der Waals surface area (Å²) in [5.41, 5.74) is 5.40. The van der Waals surface area contributed by atoms with E-state index >= 15 is 0 Å². The Labute approximate surface area is 287 Å². The van der Waals surface area contributed by atoms with Crippen LogP contribution in [0.4, 0.5) is 4.79 Å². The van der Waals surface area contributed by atoms with Gasteiger partial charge in [-0.25, -0.2) is 9.59 Å². The first kappa shape index (κ1) is 34.4. The smallest absolute Gasteiger partial charge is 0.337 e. The standard InChI is InChI=1S/C35H34Cl2N4O7/c1-4-46-29-16-23(32-31(34(43)45-3)20(2)39-35(44)40-32)12-13-28(29)47-19-30(42)41-38-17-21-14-26(36)33(27(37)15-21)48-18-24-10-7-9-22-8-5-6-11-25(22)24/h5-17,30,32,41-42H,4,18-19H2,1-3H3,(H2,39,40,44)/b38-17-/t30-,32-/m0/s1. The number of aliphatic hydroxyl groups is 1. The lowest BCUT2D eigenvalue weighted by atomic mass is 9.95. The van der Waals surface area contributed by atoms with Crippen LogP contribution in [0.3, 0.4) is 0 Å². The number of fused-ring (bicyclic) bond motifs is 1. The van der Waals surface area contributed by atoms with E-state index < -0.39 is 24.3 Å². The Morgan fingerprint density at radius 3 is 2.52 bits per heavy atom. The molecule has 0 bridgehead atoms. The van der Waals surface area contributed by atoms with Crippen LogP contribution in [0.2, 0.25) is 10.0 Å². The number of aliphatic hydroxyl groups excluding tert-OH is 1. The molecule has 11 nitrogen and oxygen atoms in total. The molecule has 4 aromatic rings. The number of halogens is 2. The summed E-state index contributed by atoms with van der Waals surface area (Å²) >= 11 is 13.0. The average molecular weight is 694 g/mol. The summed E-state index contributed by atoms with van der Waals surface area (Å²) in [6.07, 6.45) is 0.266. The molecule has 2 amide bonds. The maximum absolute atomic E-state index is 12.5. The molecule has 1 heterocycles. The van der Waals surface area contributed by atoms with Crippen LogP contribution < -0.4 is 30.3 Å². The minimum absolute atomic E-state index is 0.185. The van der Waals surface area contributed by atoms with Gasteiger partial charge < -0.3 is 34.7 Å². The Morgan fingerprint density at radius 1 is 1.02 bits per heavy atom. The molecule has 5 rings (SSSR count). The minimum atomic E-state index is -1.19. The molecule has 1 aliphatic rings. The van der Waals surface area contributed by atoms with E-state index in [1.807, 2.05) is 42.5 Å². The molecular weight excluding hydrogens is 659 g/mol. The summed E-state index contributed by atoms with van der Waals surface area (Å²) in [6.45, 7) is 3.85. The van der Waals surface area contributed by atoms with E-state index in [4.69, 9.17) is 42.1 Å². The van der Waals surface area contributed by atoms with Gasteiger partial charge in [-0.1, -0.05) is 71.7 Å². The van der Waals surface area contributed by atoms with Crippen molar-refractivity contribution in [3.8, 4) is 17.2 Å². The van der Waals surface area contributed by atoms with Crippen LogP contribution in [0.1, 0.15) is 36.6 Å². The van der Waals surface area contributed by atoms with Gasteiger partial charge in [-0.2, -0.15) is 5.10 Å². The highest BCUT2D eigenvalue weighted by atomic mass is 35.5. The van der Waals surface area contributed by atoms with E-state index in [0.29, 0.717) is 50.7 Å². The number of hydrazone groups is 1. The molecule has 2 atom stereocenters. The van der Waals surface area contributed by atoms with Crippen molar-refractivity contribution in [2.75, 3.05) is 20.3 Å². The number of allylic oxidation sites excluding steroid dienone is 1. The van der Waals surface area contributed by atoms with Crippen LogP contribution >= 0.6 is 23.2 Å². The lowest BCUT2D eigenvalue weighted by Crippen LogP contribution is -2.45. The Bertz CT molecular complexity index is 1850. The summed E-state index contributed by atoms with van der Waals surface area (Å²) in [7, 11) is 1.27. The molecule has 0 radical (unpaired) electrons. The Morgan fingerprint density at radius 2 is 1.77 bits per heavy atom. The number of carbonyl (C=O) groups is 2. The summed E-state index contributed by atoms with van der Waals surface area (Å²) < 4.78 is 22.5. The topological polar surface area (TPSA) is 140 Å². The van der Waals surface area contributed by atoms with Gasteiger partial charge in [0.25, 0.3) is 0 Å². The normalized spacial score (nSPS) is 15.1. The molecule has 0 aromatic heterocycles. The van der Waals surface area contributed by atoms with Crippen LogP contribution in [0, 0.1) is 0 Å². The third-order valence-corrected chi connectivity index (χ3v) is 7.94. The highest BCUT2D eigenvalue weighted by Gasteiger charge is 2.32. The van der Waals surface area contributed by atoms with Crippen LogP contribution in [0.15, 0.2) is 89.2 Å². The van der Waals surface area contributed by atoms with Crippen molar-refractivity contribution in [1.82, 2.24) is 16.1 Å². The zero-order chi connectivity index (χ0) is 34.2. The second-order valence-corrected chi connectivity index (χ2v) is 11.5. The Kier molecular flexibility index (Phi) is 11.3. The van der Waals surface area contributed by atoms with E-state index in [1.54, 1.807) is 44.2 Å². The number of nitrogens with one attached hydrogen (secondary N) is 3. The largest absolute Gasteiger partial charge is 0.490 e. The minimum Gasteiger partial charge on any atom is -0.490 e. The number of benzene rings is 4. The van der Waals surface area contributed by atoms with Gasteiger partial charge in [-0.05, 0) is 65.6 Å². The van der Waals surface area contributed by atoms with Gasteiger partial charge in [0, 0.05) is 5.70 Å². The summed E-state index contributed by atoms with van der Waals surface area (Å²) in [5, 5.41) is 22.7. The first-order valence-corrected chi connectivity index (χ1v) is 15.7. The fraction of sp³-hybridized carbons (Fsp3) is 0.229. The number of ether oxygens (including phenoxy) is 4. The first-order valence-electron chi connectivity index (χ1n) is 15.0. The van der Waals surface area contributed by atoms with E-state index in [1.165, 1.54) is 13.3 Å². The third-order valence-electron chi connectivity index (χ3n) is 7.38. The van der Waals surface area contributed by atoms with Crippen LogP contribution in [0.5, 0.6) is 17.2 Å². The number of hydrogen-bond donors (Lipinski definition) is 4. The molecule has 13 heteroatoms. The van der Waals surface area contributed by atoms with Crippen molar-refractivity contribution in [1.29, 1.82) is 0 Å². The second kappa shape index (κ2) is 15.7. The molecule has 48 heavy (non-hydrogen) atoms. The summed E-state index contributed by atoms with van der Waals surface area (Å²) in [5.74, 6) is 0.468. The zero-order valence-electron chi connectivity index (χ0n) is 26.4. The van der Waals surface area contributed by atoms with Gasteiger partial charge in [-0.15, -0.1) is 0 Å². The van der Waals surface area contributed by atoms with Gasteiger partial charge in [-0.3, -0.25) is 5.43 Å². The third kappa shape index (κ3) is 8.11. The molecule has 0 unspecified atom stereocenters. The summed E-state index contributed by atoms with van der Waals surface area (Å²) in [6, 6.07) is 21.1. The van der Waals surface area contributed by atoms with E-state index in [9.17, 15) is 14.7 Å². The van der Waals surface area contributed by atoms with Gasteiger partial charge in [0.2, 0.25) is 0 Å². The molecule has 0 aliphatic carbocycles. The summed E-state index contributed by atoms with van der Waals surface area (Å²) in [4.78, 5) is 24.6. The van der Waals surface area contributed by atoms with Crippen LogP contribution in [0.25, 0.3) is 10.8 Å². The van der Waals surface area contributed by atoms with Gasteiger partial charge >= 0.3 is 12.0 Å². The highest BCUT2D eigenvalue weighted by molar-refractivity contribution is 6.37. The Hall–Kier alpha value is -4.97. The van der Waals surface area contributed by atoms with Gasteiger partial charge in [0.15, 0.2) is 23.5 Å². The molecule has 0 spiro atoms. The van der Waals surface area contributed by atoms with Gasteiger partial charge in [0.1, 0.15) is 13.2 Å². The van der Waals surface area contributed by atoms with E-state index in [-0.39, 0.29) is 18.8 Å². The predicted molar refractivity (Wildman–Crippen MR) is 184 cm³/mol. The van der Waals surface area contributed by atoms with E-state index in [2.05, 4.69) is 21.2 Å². The van der Waals surface area contributed by atoms with Crippen molar-refractivity contribution in [3.63, 3.8) is 0 Å². The quantitative estimate of drug-likeness (QED) is 0.0559. The molecule has 4 N–H and O–H groups in total. The van der Waals surface area contributed by atoms with Crippen molar-refractivity contribution in [2.24, 2.45) is 5.10 Å². The molecule has 4 aromatic carbocycles. The predicted octanol–water partition coefficient (Wildman–Crippen LogP) is 6.25. The number of amides is 2. The number of hydrogen-bond acceptors (Lipinski definition) is 9. The first-order chi connectivity index (χ1) is 23.2. The van der Waals surface area contributed by atoms with Crippen molar-refractivity contribution in [3.05, 3.63) is 111 Å². The number of rotatable bonds is 13. The monoisotopic (exact) mass is 692 g/mol. The maximum Gasteiger partial charge on any atom is 0.337 e. The van der Waals surface area contributed by atoms with Crippen molar-refractivity contribution in [2.45, 2.75) is 32.7 Å². The number of carbonyl (C=O) groups excluding carboxylic acids is 2. The van der Waals surface area contributed by atoms with Crippen LogP contribution in [-0.4, -0.2) is 49.9 Å². The number of esters is 1. The van der Waals surface area contributed by atoms with E-state index in [0.717, 1.165) is 16.3 Å². The molecule has 0 saturated heterocycles. The molecular formula is C35H34Cl2N4O7. The molecule has 0 saturated carbocycles. The fourth-order valence-electron chi connectivity index (χ4n) is 5.18. The molecule has 0 fully saturated rings. The average Bonchev–Trinajstić information content (AvgIpc) is 3.07. The molecule has 250 valence electrons. The zero-order valence-corrected chi connectivity index (χ0v) is 27.9. The lowest BCUT2D eigenvalue weighted by Gasteiger charge is -2.28. The number of urea groups is 1. The number of methoxy groups -OCH3 is 1. The number of nitrogens with zero attached hydrogens (tertiary/aromatic N) is 1. The van der Waals surface area contributed by atoms with Crippen molar-refractivity contribution < 1.29 is 33.6 Å². The second-order valence-electron chi connectivity index (χ2n) is 10.7. The fourth-order valence-corrected chi connectivity index (χ4v) is 5.79. The Balaban J connectivity index is 1.19. The molecule has 1 aliphatic heterocycles. The lowest BCUT2D eigenvalue weighted by molar-refractivity contribution is -0.136. The maximum atomic E-state index is 12.5. The van der Waals surface area contributed by atoms with Crippen molar-refractivity contribution >= 4 is 52.2 Å².